The minimum absolute atomic E-state index is 0.251. The van der Waals surface area contributed by atoms with E-state index in [1.54, 1.807) is 19.1 Å². The molecule has 150 valence electrons. The van der Waals surface area contributed by atoms with E-state index in [0.29, 0.717) is 17.5 Å². The van der Waals surface area contributed by atoms with E-state index >= 15 is 0 Å². The van der Waals surface area contributed by atoms with Crippen LogP contribution in [-0.2, 0) is 9.59 Å². The number of hydrazine groups is 1. The number of β-lactam (4-membered cyclic amide) rings is 1. The zero-order valence-electron chi connectivity index (χ0n) is 16.2. The van der Waals surface area contributed by atoms with E-state index in [1.165, 1.54) is 0 Å². The van der Waals surface area contributed by atoms with Gasteiger partial charge < -0.3 is 0 Å². The molecule has 0 spiro atoms. The fourth-order valence-electron chi connectivity index (χ4n) is 3.63. The Balaban J connectivity index is 1.75. The number of carbonyl (C=O) groups excluding carboxylic acids is 2. The number of nitrogens with one attached hydrogen (secondary N) is 1. The Bertz CT molecular complexity index is 889. The number of nitrogens with zero attached hydrogens (tertiary/aromatic N) is 2. The average molecular weight is 406 g/mol. The van der Waals surface area contributed by atoms with E-state index in [9.17, 15) is 14.0 Å². The standard InChI is InChI=1S/C21H25ClFN3O2/c1-3-4-5-6-7-12-16(27)25-26-19(18(22)21(26)28)17-13(2)14-10-8-9-11-15(14)24-20(17)23/h8-11,18-19H,3-7,12H2,1-2H3,(H,25,27)/t18-,19-/m0/s1. The molecule has 5 nitrogen and oxygen atoms in total. The van der Waals surface area contributed by atoms with Gasteiger partial charge in [-0.15, -0.1) is 11.6 Å². The molecule has 1 aliphatic heterocycles. The number of halogens is 2. The van der Waals surface area contributed by atoms with Gasteiger partial charge in [-0.2, -0.15) is 4.39 Å². The summed E-state index contributed by atoms with van der Waals surface area (Å²) in [6, 6.07) is 6.45. The lowest BCUT2D eigenvalue weighted by molar-refractivity contribution is -0.156. The van der Waals surface area contributed by atoms with Crippen molar-refractivity contribution in [2.24, 2.45) is 0 Å². The quantitative estimate of drug-likeness (QED) is 0.303. The van der Waals surface area contributed by atoms with Gasteiger partial charge in [0.05, 0.1) is 5.52 Å². The lowest BCUT2D eigenvalue weighted by atomic mass is 9.91. The third-order valence-electron chi connectivity index (χ3n) is 5.23. The van der Waals surface area contributed by atoms with Crippen LogP contribution < -0.4 is 5.43 Å². The van der Waals surface area contributed by atoms with Crippen molar-refractivity contribution < 1.29 is 14.0 Å². The van der Waals surface area contributed by atoms with Gasteiger partial charge in [0.2, 0.25) is 11.9 Å². The number of alkyl halides is 1. The molecule has 0 aliphatic carbocycles. The molecular formula is C21H25ClFN3O2. The van der Waals surface area contributed by atoms with Crippen molar-refractivity contribution in [1.82, 2.24) is 15.4 Å². The van der Waals surface area contributed by atoms with Crippen molar-refractivity contribution in [3.8, 4) is 0 Å². The highest BCUT2D eigenvalue weighted by molar-refractivity contribution is 6.33. The second-order valence-corrected chi connectivity index (χ2v) is 7.68. The summed E-state index contributed by atoms with van der Waals surface area (Å²) in [6.07, 6.45) is 5.43. The maximum Gasteiger partial charge on any atom is 0.262 e. The minimum atomic E-state index is -0.930. The summed E-state index contributed by atoms with van der Waals surface area (Å²) in [5.41, 5.74) is 4.07. The first-order chi connectivity index (χ1) is 13.5. The van der Waals surface area contributed by atoms with Crippen molar-refractivity contribution >= 4 is 34.3 Å². The van der Waals surface area contributed by atoms with E-state index < -0.39 is 23.3 Å². The number of hydrogen-bond donors (Lipinski definition) is 1. The van der Waals surface area contributed by atoms with Gasteiger partial charge in [-0.1, -0.05) is 50.8 Å². The number of pyridine rings is 1. The molecule has 0 radical (unpaired) electrons. The Morgan fingerprint density at radius 3 is 2.71 bits per heavy atom. The number of amides is 2. The summed E-state index contributed by atoms with van der Waals surface area (Å²) in [6.45, 7) is 3.91. The van der Waals surface area contributed by atoms with Gasteiger partial charge in [0.15, 0.2) is 0 Å². The lowest BCUT2D eigenvalue weighted by Gasteiger charge is -2.44. The topological polar surface area (TPSA) is 62.3 Å². The van der Waals surface area contributed by atoms with E-state index in [2.05, 4.69) is 17.3 Å². The van der Waals surface area contributed by atoms with Crippen LogP contribution in [0, 0.1) is 12.9 Å². The molecule has 1 aromatic heterocycles. The van der Waals surface area contributed by atoms with Gasteiger partial charge in [-0.3, -0.25) is 15.0 Å². The lowest BCUT2D eigenvalue weighted by Crippen LogP contribution is -2.63. The molecule has 0 saturated carbocycles. The number of fused-ring (bicyclic) bond motifs is 1. The number of para-hydroxylation sites is 1. The number of benzene rings is 1. The molecule has 1 aromatic carbocycles. The molecule has 1 N–H and O–H groups in total. The van der Waals surface area contributed by atoms with Crippen LogP contribution in [0.3, 0.4) is 0 Å². The normalized spacial score (nSPS) is 19.0. The first kappa shape index (κ1) is 20.5. The number of rotatable bonds is 8. The van der Waals surface area contributed by atoms with Crippen molar-refractivity contribution in [1.29, 1.82) is 0 Å². The molecule has 2 heterocycles. The van der Waals surface area contributed by atoms with Crippen molar-refractivity contribution in [2.75, 3.05) is 0 Å². The molecule has 1 aliphatic rings. The minimum Gasteiger partial charge on any atom is -0.273 e. The maximum atomic E-state index is 14.8. The second kappa shape index (κ2) is 8.86. The molecular weight excluding hydrogens is 381 g/mol. The summed E-state index contributed by atoms with van der Waals surface area (Å²) >= 11 is 6.20. The molecule has 1 fully saturated rings. The van der Waals surface area contributed by atoms with Gasteiger partial charge >= 0.3 is 0 Å². The predicted octanol–water partition coefficient (Wildman–Crippen LogP) is 4.56. The van der Waals surface area contributed by atoms with E-state index in [-0.39, 0.29) is 11.5 Å². The molecule has 1 saturated heterocycles. The van der Waals surface area contributed by atoms with Crippen LogP contribution in [0.15, 0.2) is 24.3 Å². The monoisotopic (exact) mass is 405 g/mol. The number of unbranched alkanes of at least 4 members (excludes halogenated alkanes) is 4. The van der Waals surface area contributed by atoms with E-state index in [1.807, 2.05) is 12.1 Å². The summed E-state index contributed by atoms with van der Waals surface area (Å²) in [5, 5.41) is 1.01. The number of hydrogen-bond acceptors (Lipinski definition) is 3. The largest absolute Gasteiger partial charge is 0.273 e. The Labute approximate surface area is 169 Å². The molecule has 0 unspecified atom stereocenters. The average Bonchev–Trinajstić information content (AvgIpc) is 2.69. The van der Waals surface area contributed by atoms with Crippen LogP contribution in [0.4, 0.5) is 4.39 Å². The SMILES string of the molecule is CCCCCCCC(=O)NN1C(=O)[C@@H](Cl)[C@@H]1c1c(F)nc2ccccc2c1C. The van der Waals surface area contributed by atoms with Crippen molar-refractivity contribution in [3.63, 3.8) is 0 Å². The van der Waals surface area contributed by atoms with Crippen LogP contribution in [0.1, 0.15) is 62.6 Å². The third kappa shape index (κ3) is 3.97. The second-order valence-electron chi connectivity index (χ2n) is 7.21. The fourth-order valence-corrected chi connectivity index (χ4v) is 3.97. The molecule has 0 bridgehead atoms. The van der Waals surface area contributed by atoms with Crippen LogP contribution >= 0.6 is 11.6 Å². The molecule has 3 rings (SSSR count). The number of aromatic nitrogens is 1. The highest BCUT2D eigenvalue weighted by Gasteiger charge is 2.50. The summed E-state index contributed by atoms with van der Waals surface area (Å²) in [4.78, 5) is 28.5. The third-order valence-corrected chi connectivity index (χ3v) is 5.66. The Morgan fingerprint density at radius 2 is 1.96 bits per heavy atom. The summed E-state index contributed by atoms with van der Waals surface area (Å²) in [7, 11) is 0. The van der Waals surface area contributed by atoms with E-state index in [4.69, 9.17) is 11.6 Å². The van der Waals surface area contributed by atoms with Crippen LogP contribution in [0.2, 0.25) is 0 Å². The first-order valence-corrected chi connectivity index (χ1v) is 10.2. The zero-order chi connectivity index (χ0) is 20.3. The number of carbonyl (C=O) groups is 2. The number of aryl methyl sites for hydroxylation is 1. The highest BCUT2D eigenvalue weighted by atomic mass is 35.5. The maximum absolute atomic E-state index is 14.8. The Hall–Kier alpha value is -2.21. The molecule has 2 amide bonds. The van der Waals surface area contributed by atoms with Crippen molar-refractivity contribution in [2.45, 2.75) is 63.8 Å². The van der Waals surface area contributed by atoms with Gasteiger partial charge in [-0.05, 0) is 25.0 Å². The molecule has 2 aromatic rings. The summed E-state index contributed by atoms with van der Waals surface area (Å²) in [5.74, 6) is -1.36. The van der Waals surface area contributed by atoms with Crippen LogP contribution in [0.25, 0.3) is 10.9 Å². The highest BCUT2D eigenvalue weighted by Crippen LogP contribution is 2.41. The fraction of sp³-hybridized carbons (Fsp3) is 0.476. The van der Waals surface area contributed by atoms with Gasteiger partial charge in [0, 0.05) is 17.4 Å². The Morgan fingerprint density at radius 1 is 1.25 bits per heavy atom. The van der Waals surface area contributed by atoms with Crippen molar-refractivity contribution in [3.05, 3.63) is 41.3 Å². The van der Waals surface area contributed by atoms with Gasteiger partial charge in [-0.25, -0.2) is 9.99 Å². The zero-order valence-corrected chi connectivity index (χ0v) is 16.9. The Kier molecular flexibility index (Phi) is 6.50. The molecule has 7 heteroatoms. The van der Waals surface area contributed by atoms with Gasteiger partial charge in [0.1, 0.15) is 11.4 Å². The van der Waals surface area contributed by atoms with Crippen LogP contribution in [-0.4, -0.2) is 27.2 Å². The smallest absolute Gasteiger partial charge is 0.262 e. The van der Waals surface area contributed by atoms with Crippen LogP contribution in [0.5, 0.6) is 0 Å². The first-order valence-electron chi connectivity index (χ1n) is 9.77. The molecule has 2 atom stereocenters. The predicted molar refractivity (Wildman–Crippen MR) is 107 cm³/mol. The summed E-state index contributed by atoms with van der Waals surface area (Å²) < 4.78 is 14.8. The molecule has 28 heavy (non-hydrogen) atoms. The van der Waals surface area contributed by atoms with Gasteiger partial charge in [0.25, 0.3) is 5.91 Å². The van der Waals surface area contributed by atoms with E-state index in [0.717, 1.165) is 42.5 Å².